The highest BCUT2D eigenvalue weighted by atomic mass is 19.4. The van der Waals surface area contributed by atoms with Gasteiger partial charge in [0.2, 0.25) is 0 Å². The molecule has 0 bridgehead atoms. The van der Waals surface area contributed by atoms with Gasteiger partial charge in [-0.3, -0.25) is 4.79 Å². The van der Waals surface area contributed by atoms with Crippen molar-refractivity contribution in [3.05, 3.63) is 77.4 Å². The number of benzene rings is 3. The lowest BCUT2D eigenvalue weighted by atomic mass is 10.0. The van der Waals surface area contributed by atoms with E-state index in [2.05, 4.69) is 10.5 Å². The first-order chi connectivity index (χ1) is 12.4. The van der Waals surface area contributed by atoms with Crippen LogP contribution in [0.5, 0.6) is 5.75 Å². The van der Waals surface area contributed by atoms with Crippen LogP contribution in [0.3, 0.4) is 0 Å². The fourth-order valence-electron chi connectivity index (χ4n) is 2.56. The molecule has 0 aliphatic rings. The first kappa shape index (κ1) is 17.5. The second-order valence-corrected chi connectivity index (χ2v) is 5.46. The molecule has 0 heterocycles. The first-order valence-electron chi connectivity index (χ1n) is 7.58. The Bertz CT molecular complexity index is 997. The molecule has 0 aliphatic heterocycles. The Kier molecular flexibility index (Phi) is 4.62. The molecule has 0 spiro atoms. The molecule has 1 amide bonds. The van der Waals surface area contributed by atoms with Crippen LogP contribution >= 0.6 is 0 Å². The summed E-state index contributed by atoms with van der Waals surface area (Å²) in [7, 11) is 0. The van der Waals surface area contributed by atoms with Gasteiger partial charge < -0.3 is 5.11 Å². The van der Waals surface area contributed by atoms with Crippen molar-refractivity contribution < 1.29 is 23.1 Å². The van der Waals surface area contributed by atoms with Gasteiger partial charge >= 0.3 is 6.18 Å². The molecular formula is C19H13F3N2O2. The van der Waals surface area contributed by atoms with E-state index in [-0.39, 0.29) is 5.75 Å². The normalized spacial score (nSPS) is 11.8. The van der Waals surface area contributed by atoms with Gasteiger partial charge in [-0.15, -0.1) is 0 Å². The fourth-order valence-corrected chi connectivity index (χ4v) is 2.56. The molecule has 0 unspecified atom stereocenters. The number of nitrogens with zero attached hydrogens (tertiary/aromatic N) is 1. The summed E-state index contributed by atoms with van der Waals surface area (Å²) in [4.78, 5) is 12.1. The number of alkyl halides is 3. The second kappa shape index (κ2) is 6.87. The Hall–Kier alpha value is -3.35. The molecule has 26 heavy (non-hydrogen) atoms. The highest BCUT2D eigenvalue weighted by Crippen LogP contribution is 2.31. The van der Waals surface area contributed by atoms with Gasteiger partial charge in [0.1, 0.15) is 5.75 Å². The van der Waals surface area contributed by atoms with E-state index in [1.165, 1.54) is 24.4 Å². The predicted molar refractivity (Wildman–Crippen MR) is 92.1 cm³/mol. The minimum absolute atomic E-state index is 0.0580. The Balaban J connectivity index is 1.87. The van der Waals surface area contributed by atoms with Gasteiger partial charge in [0.15, 0.2) is 0 Å². The molecule has 0 radical (unpaired) electrons. The number of fused-ring (bicyclic) bond motifs is 1. The number of hydrazone groups is 1. The van der Waals surface area contributed by atoms with Gasteiger partial charge in [-0.2, -0.15) is 18.3 Å². The maximum atomic E-state index is 13.0. The molecule has 0 saturated heterocycles. The summed E-state index contributed by atoms with van der Waals surface area (Å²) in [6.45, 7) is 0. The van der Waals surface area contributed by atoms with E-state index in [0.29, 0.717) is 10.9 Å². The second-order valence-electron chi connectivity index (χ2n) is 5.46. The largest absolute Gasteiger partial charge is 0.507 e. The molecule has 2 N–H and O–H groups in total. The number of amides is 1. The van der Waals surface area contributed by atoms with Crippen molar-refractivity contribution in [3.8, 4) is 5.75 Å². The average molecular weight is 358 g/mol. The Morgan fingerprint density at radius 1 is 1.00 bits per heavy atom. The van der Waals surface area contributed by atoms with Crippen LogP contribution in [-0.4, -0.2) is 17.2 Å². The van der Waals surface area contributed by atoms with E-state index in [9.17, 15) is 23.1 Å². The lowest BCUT2D eigenvalue weighted by molar-refractivity contribution is -0.137. The summed E-state index contributed by atoms with van der Waals surface area (Å²) >= 11 is 0. The summed E-state index contributed by atoms with van der Waals surface area (Å²) in [5.41, 5.74) is 0.856. The van der Waals surface area contributed by atoms with Gasteiger partial charge in [-0.1, -0.05) is 42.5 Å². The number of halogens is 3. The van der Waals surface area contributed by atoms with Crippen molar-refractivity contribution in [3.63, 3.8) is 0 Å². The molecule has 3 aromatic carbocycles. The Labute approximate surface area is 146 Å². The maximum Gasteiger partial charge on any atom is 0.417 e. The number of nitrogens with one attached hydrogen (secondary N) is 1. The number of hydrogen-bond donors (Lipinski definition) is 2. The third kappa shape index (κ3) is 3.51. The average Bonchev–Trinajstić information content (AvgIpc) is 2.62. The predicted octanol–water partition coefficient (Wildman–Crippen LogP) is 4.33. The van der Waals surface area contributed by atoms with Crippen molar-refractivity contribution in [2.24, 2.45) is 5.10 Å². The smallest absolute Gasteiger partial charge is 0.417 e. The number of aromatic hydroxyl groups is 1. The van der Waals surface area contributed by atoms with Crippen LogP contribution in [0, 0.1) is 0 Å². The lowest BCUT2D eigenvalue weighted by Gasteiger charge is -2.11. The molecular weight excluding hydrogens is 345 g/mol. The summed E-state index contributed by atoms with van der Waals surface area (Å²) in [6, 6.07) is 14.8. The van der Waals surface area contributed by atoms with Gasteiger partial charge in [0.25, 0.3) is 5.91 Å². The van der Waals surface area contributed by atoms with Crippen LogP contribution in [-0.2, 0) is 6.18 Å². The van der Waals surface area contributed by atoms with Crippen LogP contribution < -0.4 is 5.43 Å². The van der Waals surface area contributed by atoms with Gasteiger partial charge in [0.05, 0.1) is 17.3 Å². The van der Waals surface area contributed by atoms with Crippen molar-refractivity contribution in [1.82, 2.24) is 5.43 Å². The highest BCUT2D eigenvalue weighted by Gasteiger charge is 2.34. The Morgan fingerprint density at radius 2 is 1.69 bits per heavy atom. The van der Waals surface area contributed by atoms with Crippen molar-refractivity contribution in [2.45, 2.75) is 6.18 Å². The summed E-state index contributed by atoms with van der Waals surface area (Å²) in [5, 5.41) is 15.2. The number of carbonyl (C=O) groups excluding carboxylic acids is 1. The van der Waals surface area contributed by atoms with Crippen LogP contribution in [0.1, 0.15) is 21.5 Å². The molecule has 0 aromatic heterocycles. The molecule has 0 atom stereocenters. The van der Waals surface area contributed by atoms with E-state index in [1.807, 2.05) is 12.1 Å². The van der Waals surface area contributed by atoms with Crippen LogP contribution in [0.15, 0.2) is 65.8 Å². The van der Waals surface area contributed by atoms with Crippen LogP contribution in [0.2, 0.25) is 0 Å². The number of hydrogen-bond acceptors (Lipinski definition) is 3. The maximum absolute atomic E-state index is 13.0. The standard InChI is InChI=1S/C19H13F3N2O2/c20-19(21,22)16-8-4-3-7-14(16)18(26)24-23-11-15-13-6-2-1-5-12(13)9-10-17(15)25/h1-11,25H,(H,24,26)/b23-11+. The molecule has 0 saturated carbocycles. The van der Waals surface area contributed by atoms with Crippen molar-refractivity contribution in [1.29, 1.82) is 0 Å². The van der Waals surface area contributed by atoms with Gasteiger partial charge in [0, 0.05) is 5.56 Å². The molecule has 132 valence electrons. The Morgan fingerprint density at radius 3 is 2.46 bits per heavy atom. The first-order valence-corrected chi connectivity index (χ1v) is 7.58. The van der Waals surface area contributed by atoms with Crippen molar-refractivity contribution >= 4 is 22.9 Å². The zero-order valence-corrected chi connectivity index (χ0v) is 13.3. The number of rotatable bonds is 3. The molecule has 4 nitrogen and oxygen atoms in total. The third-order valence-electron chi connectivity index (χ3n) is 3.78. The fraction of sp³-hybridized carbons (Fsp3) is 0.0526. The molecule has 0 fully saturated rings. The van der Waals surface area contributed by atoms with E-state index in [1.54, 1.807) is 18.2 Å². The van der Waals surface area contributed by atoms with E-state index < -0.39 is 23.2 Å². The van der Waals surface area contributed by atoms with E-state index in [0.717, 1.165) is 17.5 Å². The van der Waals surface area contributed by atoms with Crippen LogP contribution in [0.25, 0.3) is 10.8 Å². The van der Waals surface area contributed by atoms with Crippen LogP contribution in [0.4, 0.5) is 13.2 Å². The molecule has 3 rings (SSSR count). The lowest BCUT2D eigenvalue weighted by Crippen LogP contribution is -2.22. The van der Waals surface area contributed by atoms with E-state index >= 15 is 0 Å². The van der Waals surface area contributed by atoms with E-state index in [4.69, 9.17) is 0 Å². The third-order valence-corrected chi connectivity index (χ3v) is 3.78. The minimum Gasteiger partial charge on any atom is -0.507 e. The zero-order valence-electron chi connectivity index (χ0n) is 13.3. The van der Waals surface area contributed by atoms with Crippen molar-refractivity contribution in [2.75, 3.05) is 0 Å². The topological polar surface area (TPSA) is 61.7 Å². The van der Waals surface area contributed by atoms with Gasteiger partial charge in [-0.05, 0) is 29.0 Å². The number of phenols is 1. The number of phenolic OH excluding ortho intramolecular Hbond substituents is 1. The highest BCUT2D eigenvalue weighted by molar-refractivity contribution is 6.03. The molecule has 3 aromatic rings. The summed E-state index contributed by atoms with van der Waals surface area (Å²) in [5.74, 6) is -1.05. The molecule has 0 aliphatic carbocycles. The number of carbonyl (C=O) groups is 1. The quantitative estimate of drug-likeness (QED) is 0.541. The summed E-state index contributed by atoms with van der Waals surface area (Å²) in [6.07, 6.45) is -3.45. The van der Waals surface area contributed by atoms with Gasteiger partial charge in [-0.25, -0.2) is 5.43 Å². The summed E-state index contributed by atoms with van der Waals surface area (Å²) < 4.78 is 38.9. The SMILES string of the molecule is O=C(N/N=C/c1c(O)ccc2ccccc12)c1ccccc1C(F)(F)F. The zero-order chi connectivity index (χ0) is 18.7. The minimum atomic E-state index is -4.65. The molecule has 7 heteroatoms. The monoisotopic (exact) mass is 358 g/mol.